The average molecular weight is 1130 g/mol. The number of carbonyl (C=O) groups is 3. The van der Waals surface area contributed by atoms with Crippen molar-refractivity contribution in [1.82, 2.24) is 0 Å². The molecular formula is C75H134O6. The van der Waals surface area contributed by atoms with Crippen LogP contribution in [0.3, 0.4) is 0 Å². The summed E-state index contributed by atoms with van der Waals surface area (Å²) in [5, 5.41) is 0. The molecule has 6 nitrogen and oxygen atoms in total. The molecule has 1 atom stereocenters. The van der Waals surface area contributed by atoms with E-state index in [2.05, 4.69) is 93.7 Å². The zero-order valence-corrected chi connectivity index (χ0v) is 54.1. The van der Waals surface area contributed by atoms with Gasteiger partial charge in [-0.1, -0.05) is 306 Å². The van der Waals surface area contributed by atoms with Crippen LogP contribution in [-0.4, -0.2) is 37.2 Å². The number of rotatable bonds is 65. The summed E-state index contributed by atoms with van der Waals surface area (Å²) in [6.07, 6.45) is 90.7. The summed E-state index contributed by atoms with van der Waals surface area (Å²) in [6, 6.07) is 0. The summed E-state index contributed by atoms with van der Waals surface area (Å²) in [5.41, 5.74) is 0. The van der Waals surface area contributed by atoms with Crippen LogP contribution in [0.2, 0.25) is 0 Å². The molecule has 0 aliphatic rings. The highest BCUT2D eigenvalue weighted by Crippen LogP contribution is 2.17. The van der Waals surface area contributed by atoms with Gasteiger partial charge in [-0.05, 0) is 116 Å². The maximum absolute atomic E-state index is 12.9. The molecule has 1 unspecified atom stereocenters. The lowest BCUT2D eigenvalue weighted by Crippen LogP contribution is -2.30. The summed E-state index contributed by atoms with van der Waals surface area (Å²) >= 11 is 0. The van der Waals surface area contributed by atoms with Gasteiger partial charge in [0.1, 0.15) is 13.2 Å². The minimum Gasteiger partial charge on any atom is -0.462 e. The molecule has 0 radical (unpaired) electrons. The van der Waals surface area contributed by atoms with Crippen molar-refractivity contribution in [2.75, 3.05) is 13.2 Å². The Balaban J connectivity index is 4.27. The van der Waals surface area contributed by atoms with Crippen molar-refractivity contribution in [2.24, 2.45) is 0 Å². The number of hydrogen-bond donors (Lipinski definition) is 0. The first-order valence-electron chi connectivity index (χ1n) is 35.4. The summed E-state index contributed by atoms with van der Waals surface area (Å²) in [4.78, 5) is 38.4. The van der Waals surface area contributed by atoms with Gasteiger partial charge in [-0.25, -0.2) is 0 Å². The first kappa shape index (κ1) is 77.9. The molecule has 470 valence electrons. The van der Waals surface area contributed by atoms with Gasteiger partial charge in [0.2, 0.25) is 0 Å². The summed E-state index contributed by atoms with van der Waals surface area (Å²) in [7, 11) is 0. The van der Waals surface area contributed by atoms with Crippen LogP contribution in [0.5, 0.6) is 0 Å². The first-order valence-corrected chi connectivity index (χ1v) is 35.4. The molecule has 6 heteroatoms. The fraction of sp³-hybridized carbons (Fsp3) is 0.800. The highest BCUT2D eigenvalue weighted by molar-refractivity contribution is 5.71. The third-order valence-electron chi connectivity index (χ3n) is 15.7. The maximum Gasteiger partial charge on any atom is 0.306 e. The van der Waals surface area contributed by atoms with Crippen LogP contribution in [0.1, 0.15) is 367 Å². The Morgan fingerprint density at radius 2 is 0.444 bits per heavy atom. The van der Waals surface area contributed by atoms with Gasteiger partial charge in [-0.15, -0.1) is 0 Å². The number of hydrogen-bond acceptors (Lipinski definition) is 6. The quantitative estimate of drug-likeness (QED) is 0.0261. The van der Waals surface area contributed by atoms with Crippen LogP contribution in [0.4, 0.5) is 0 Å². The van der Waals surface area contributed by atoms with Crippen LogP contribution in [0.15, 0.2) is 72.9 Å². The smallest absolute Gasteiger partial charge is 0.306 e. The molecular weight excluding hydrogens is 997 g/mol. The third kappa shape index (κ3) is 67.5. The van der Waals surface area contributed by atoms with Crippen LogP contribution in [-0.2, 0) is 28.6 Å². The molecule has 0 bridgehead atoms. The van der Waals surface area contributed by atoms with E-state index < -0.39 is 6.10 Å². The summed E-state index contributed by atoms with van der Waals surface area (Å²) < 4.78 is 17.0. The van der Waals surface area contributed by atoms with Crippen LogP contribution < -0.4 is 0 Å². The van der Waals surface area contributed by atoms with E-state index >= 15 is 0 Å². The number of unbranched alkanes of at least 4 members (excludes halogenated alkanes) is 42. The largest absolute Gasteiger partial charge is 0.462 e. The van der Waals surface area contributed by atoms with E-state index in [-0.39, 0.29) is 31.1 Å². The molecule has 0 fully saturated rings. The number of esters is 3. The fourth-order valence-electron chi connectivity index (χ4n) is 10.3. The van der Waals surface area contributed by atoms with Crippen molar-refractivity contribution in [3.63, 3.8) is 0 Å². The van der Waals surface area contributed by atoms with Crippen molar-refractivity contribution in [3.8, 4) is 0 Å². The van der Waals surface area contributed by atoms with E-state index in [1.165, 1.54) is 238 Å². The predicted octanol–water partition coefficient (Wildman–Crippen LogP) is 24.4. The predicted molar refractivity (Wildman–Crippen MR) is 353 cm³/mol. The van der Waals surface area contributed by atoms with E-state index in [0.717, 1.165) is 89.9 Å². The molecule has 0 aromatic carbocycles. The lowest BCUT2D eigenvalue weighted by atomic mass is 10.0. The standard InChI is InChI=1S/C75H134O6/c1-4-7-10-13-16-19-22-25-27-29-31-33-35-36-37-38-40-41-43-45-47-50-53-56-59-62-65-68-74(77)80-71-72(70-79-73(76)67-64-61-58-55-52-49-24-21-18-15-12-9-6-3)81-75(78)69-66-63-60-57-54-51-48-46-44-42-39-34-32-30-28-26-23-20-17-14-11-8-5-2/h21-26,29-32,39,42,72H,4-20,27-28,33-38,40-41,43-71H2,1-3H3/b24-21-,25-22-,26-23-,31-29-,32-30-,42-39-. The van der Waals surface area contributed by atoms with Crippen LogP contribution in [0.25, 0.3) is 0 Å². The lowest BCUT2D eigenvalue weighted by molar-refractivity contribution is -0.167. The van der Waals surface area contributed by atoms with Gasteiger partial charge >= 0.3 is 17.9 Å². The molecule has 0 rings (SSSR count). The lowest BCUT2D eigenvalue weighted by Gasteiger charge is -2.18. The van der Waals surface area contributed by atoms with Crippen LogP contribution in [0, 0.1) is 0 Å². The van der Waals surface area contributed by atoms with Crippen LogP contribution >= 0.6 is 0 Å². The second kappa shape index (κ2) is 69.3. The number of ether oxygens (including phenoxy) is 3. The van der Waals surface area contributed by atoms with Gasteiger partial charge in [0, 0.05) is 19.3 Å². The van der Waals surface area contributed by atoms with E-state index in [1.54, 1.807) is 0 Å². The van der Waals surface area contributed by atoms with E-state index in [0.29, 0.717) is 19.3 Å². The molecule has 0 saturated carbocycles. The molecule has 0 spiro atoms. The van der Waals surface area contributed by atoms with Crippen molar-refractivity contribution >= 4 is 17.9 Å². The van der Waals surface area contributed by atoms with Gasteiger partial charge < -0.3 is 14.2 Å². The molecule has 0 saturated heterocycles. The Hall–Kier alpha value is -3.15. The Morgan fingerprint density at radius 1 is 0.247 bits per heavy atom. The highest BCUT2D eigenvalue weighted by atomic mass is 16.6. The van der Waals surface area contributed by atoms with Gasteiger partial charge in [0.05, 0.1) is 0 Å². The van der Waals surface area contributed by atoms with E-state index in [1.807, 2.05) is 0 Å². The number of carbonyl (C=O) groups excluding carboxylic acids is 3. The topological polar surface area (TPSA) is 78.9 Å². The molecule has 0 aromatic rings. The summed E-state index contributed by atoms with van der Waals surface area (Å²) in [6.45, 7) is 6.64. The third-order valence-corrected chi connectivity index (χ3v) is 15.7. The van der Waals surface area contributed by atoms with E-state index in [9.17, 15) is 14.4 Å². The Labute approximate surface area is 503 Å². The van der Waals surface area contributed by atoms with Crippen molar-refractivity contribution in [1.29, 1.82) is 0 Å². The molecule has 0 aliphatic carbocycles. The fourth-order valence-corrected chi connectivity index (χ4v) is 10.3. The SMILES string of the molecule is CCCCCC/C=C\CCCCCCCC(=O)OCC(COC(=O)CCCCCCCCCCCCCCCCC/C=C\C/C=C\CCCCCCC)OC(=O)CCCCCCCCCC/C=C\C/C=C\C/C=C\CCCCCCC. The van der Waals surface area contributed by atoms with Gasteiger partial charge in [-0.3, -0.25) is 14.4 Å². The molecule has 0 aliphatic heterocycles. The van der Waals surface area contributed by atoms with Crippen molar-refractivity contribution in [2.45, 2.75) is 374 Å². The maximum atomic E-state index is 12.9. The Morgan fingerprint density at radius 3 is 0.716 bits per heavy atom. The minimum atomic E-state index is -0.784. The van der Waals surface area contributed by atoms with E-state index in [4.69, 9.17) is 14.2 Å². The average Bonchev–Trinajstić information content (AvgIpc) is 3.46. The molecule has 81 heavy (non-hydrogen) atoms. The Kier molecular flexibility index (Phi) is 66.6. The monoisotopic (exact) mass is 1130 g/mol. The molecule has 0 N–H and O–H groups in total. The second-order valence-corrected chi connectivity index (χ2v) is 23.8. The Bertz CT molecular complexity index is 1490. The molecule has 0 aromatic heterocycles. The van der Waals surface area contributed by atoms with Gasteiger partial charge in [-0.2, -0.15) is 0 Å². The summed E-state index contributed by atoms with van der Waals surface area (Å²) in [5.74, 6) is -0.876. The second-order valence-electron chi connectivity index (χ2n) is 23.8. The number of allylic oxidation sites excluding steroid dienone is 12. The van der Waals surface area contributed by atoms with Gasteiger partial charge in [0.15, 0.2) is 6.10 Å². The zero-order valence-electron chi connectivity index (χ0n) is 54.1. The zero-order chi connectivity index (χ0) is 58.5. The van der Waals surface area contributed by atoms with Gasteiger partial charge in [0.25, 0.3) is 0 Å². The van der Waals surface area contributed by atoms with Crippen molar-refractivity contribution < 1.29 is 28.6 Å². The highest BCUT2D eigenvalue weighted by Gasteiger charge is 2.19. The minimum absolute atomic E-state index is 0.0786. The molecule has 0 heterocycles. The van der Waals surface area contributed by atoms with Crippen molar-refractivity contribution in [3.05, 3.63) is 72.9 Å². The normalized spacial score (nSPS) is 12.5. The first-order chi connectivity index (χ1) is 40.0. The molecule has 0 amide bonds.